The van der Waals surface area contributed by atoms with Crippen LogP contribution < -0.4 is 15.0 Å². The summed E-state index contributed by atoms with van der Waals surface area (Å²) in [4.78, 5) is 13.4. The van der Waals surface area contributed by atoms with Crippen molar-refractivity contribution in [2.45, 2.75) is 26.1 Å². The molecule has 5 nitrogen and oxygen atoms in total. The fraction of sp³-hybridized carbons (Fsp3) is 0.533. The smallest absolute Gasteiger partial charge is 0.279 e. The number of rotatable bonds is 4. The second-order valence-corrected chi connectivity index (χ2v) is 5.34. The van der Waals surface area contributed by atoms with Crippen LogP contribution in [0.25, 0.3) is 0 Å². The van der Waals surface area contributed by atoms with Gasteiger partial charge in [0.1, 0.15) is 31.0 Å². The van der Waals surface area contributed by atoms with Crippen molar-refractivity contribution in [2.75, 3.05) is 32.1 Å². The van der Waals surface area contributed by atoms with Crippen molar-refractivity contribution in [3.8, 4) is 5.75 Å². The second-order valence-electron chi connectivity index (χ2n) is 5.34. The fourth-order valence-corrected chi connectivity index (χ4v) is 2.70. The third-order valence-electron chi connectivity index (χ3n) is 3.41. The maximum absolute atomic E-state index is 12.1. The summed E-state index contributed by atoms with van der Waals surface area (Å²) in [6.07, 6.45) is 0.403. The number of methoxy groups -OCH3 is 1. The number of hydrogen-bond donors (Lipinski definition) is 2. The first-order valence-electron chi connectivity index (χ1n) is 7.00. The van der Waals surface area contributed by atoms with Crippen LogP contribution in [0.1, 0.15) is 13.8 Å². The fourth-order valence-electron chi connectivity index (χ4n) is 2.70. The van der Waals surface area contributed by atoms with E-state index in [0.29, 0.717) is 18.0 Å². The highest BCUT2D eigenvalue weighted by atomic mass is 16.5. The molecule has 2 rings (SSSR count). The topological polar surface area (TPSA) is 52.0 Å². The van der Waals surface area contributed by atoms with Gasteiger partial charge in [0.25, 0.3) is 5.91 Å². The molecule has 3 atom stereocenters. The number of hydrogen-bond acceptors (Lipinski definition) is 3. The van der Waals surface area contributed by atoms with Gasteiger partial charge in [0.15, 0.2) is 6.54 Å². The number of para-hydroxylation sites is 2. The van der Waals surface area contributed by atoms with Crippen LogP contribution in [-0.2, 0) is 9.53 Å². The van der Waals surface area contributed by atoms with Crippen LogP contribution >= 0.6 is 0 Å². The second kappa shape index (κ2) is 6.72. The highest BCUT2D eigenvalue weighted by Crippen LogP contribution is 2.22. The van der Waals surface area contributed by atoms with E-state index in [2.05, 4.69) is 5.32 Å². The predicted molar refractivity (Wildman–Crippen MR) is 77.2 cm³/mol. The Morgan fingerprint density at radius 2 is 2.00 bits per heavy atom. The molecule has 1 aromatic rings. The number of quaternary nitrogens is 1. The van der Waals surface area contributed by atoms with Crippen LogP contribution in [0.4, 0.5) is 5.69 Å². The first-order chi connectivity index (χ1) is 9.58. The van der Waals surface area contributed by atoms with Gasteiger partial charge >= 0.3 is 0 Å². The van der Waals surface area contributed by atoms with E-state index in [1.165, 1.54) is 4.90 Å². The van der Waals surface area contributed by atoms with Crippen LogP contribution in [0.3, 0.4) is 0 Å². The Morgan fingerprint density at radius 1 is 1.35 bits per heavy atom. The van der Waals surface area contributed by atoms with E-state index in [1.54, 1.807) is 7.11 Å². The van der Waals surface area contributed by atoms with E-state index in [1.807, 2.05) is 38.1 Å². The van der Waals surface area contributed by atoms with Crippen LogP contribution in [-0.4, -0.2) is 44.9 Å². The Kier molecular flexibility index (Phi) is 4.98. The van der Waals surface area contributed by atoms with Crippen molar-refractivity contribution in [1.82, 2.24) is 0 Å². The molecule has 1 aliphatic heterocycles. The van der Waals surface area contributed by atoms with Crippen molar-refractivity contribution in [1.29, 1.82) is 0 Å². The molecule has 0 aliphatic carbocycles. The van der Waals surface area contributed by atoms with Crippen LogP contribution in [0.15, 0.2) is 24.3 Å². The molecule has 2 N–H and O–H groups in total. The summed E-state index contributed by atoms with van der Waals surface area (Å²) in [6, 6.07) is 7.44. The van der Waals surface area contributed by atoms with Crippen molar-refractivity contribution in [3.63, 3.8) is 0 Å². The summed E-state index contributed by atoms with van der Waals surface area (Å²) in [7, 11) is 1.60. The van der Waals surface area contributed by atoms with Crippen molar-refractivity contribution >= 4 is 11.6 Å². The minimum atomic E-state index is 0.00537. The van der Waals surface area contributed by atoms with Gasteiger partial charge in [0.2, 0.25) is 0 Å². The minimum Gasteiger partial charge on any atom is -0.495 e. The molecule has 5 heteroatoms. The molecule has 0 radical (unpaired) electrons. The van der Waals surface area contributed by atoms with Gasteiger partial charge in [0, 0.05) is 0 Å². The third kappa shape index (κ3) is 3.95. The number of benzene rings is 1. The van der Waals surface area contributed by atoms with E-state index in [9.17, 15) is 4.79 Å². The van der Waals surface area contributed by atoms with Gasteiger partial charge in [-0.25, -0.2) is 0 Å². The molecule has 0 bridgehead atoms. The number of anilines is 1. The first kappa shape index (κ1) is 14.8. The predicted octanol–water partition coefficient (Wildman–Crippen LogP) is 0.326. The molecule has 1 heterocycles. The molecule has 1 unspecified atom stereocenters. The maximum atomic E-state index is 12.1. The number of carbonyl (C=O) groups excluding carboxylic acids is 1. The molecule has 0 aromatic heterocycles. The summed E-state index contributed by atoms with van der Waals surface area (Å²) in [5, 5.41) is 2.91. The standard InChI is InChI=1S/C15H22N2O3/c1-11-8-17(9-12(2)20-11)10-15(18)16-13-6-4-5-7-14(13)19-3/h4-7,11-12H,8-10H2,1-3H3,(H,16,18)/p+1/t11-,12+. The number of carbonyl (C=O) groups is 1. The molecule has 1 aliphatic rings. The quantitative estimate of drug-likeness (QED) is 0.835. The van der Waals surface area contributed by atoms with Crippen LogP contribution in [0.2, 0.25) is 0 Å². The monoisotopic (exact) mass is 279 g/mol. The molecule has 20 heavy (non-hydrogen) atoms. The highest BCUT2D eigenvalue weighted by molar-refractivity contribution is 5.92. The van der Waals surface area contributed by atoms with Gasteiger partial charge in [-0.15, -0.1) is 0 Å². The van der Waals surface area contributed by atoms with Gasteiger partial charge in [-0.2, -0.15) is 0 Å². The van der Waals surface area contributed by atoms with E-state index < -0.39 is 0 Å². The number of ether oxygens (including phenoxy) is 2. The normalized spacial score (nSPS) is 26.1. The lowest BCUT2D eigenvalue weighted by Crippen LogP contribution is -3.16. The van der Waals surface area contributed by atoms with E-state index >= 15 is 0 Å². The molecule has 0 saturated carbocycles. The minimum absolute atomic E-state index is 0.00537. The van der Waals surface area contributed by atoms with Gasteiger partial charge in [-0.05, 0) is 26.0 Å². The zero-order chi connectivity index (χ0) is 14.5. The molecular formula is C15H23N2O3+. The Balaban J connectivity index is 1.92. The largest absolute Gasteiger partial charge is 0.495 e. The summed E-state index contributed by atoms with van der Waals surface area (Å²) in [5.74, 6) is 0.686. The van der Waals surface area contributed by atoms with E-state index in [0.717, 1.165) is 13.1 Å². The molecule has 110 valence electrons. The number of nitrogens with one attached hydrogen (secondary N) is 2. The highest BCUT2D eigenvalue weighted by Gasteiger charge is 2.27. The molecule has 1 saturated heterocycles. The van der Waals surface area contributed by atoms with Gasteiger partial charge in [-0.3, -0.25) is 4.79 Å². The average molecular weight is 279 g/mol. The number of amides is 1. The van der Waals surface area contributed by atoms with Crippen molar-refractivity contribution < 1.29 is 19.2 Å². The molecule has 1 aromatic carbocycles. The van der Waals surface area contributed by atoms with Gasteiger partial charge in [-0.1, -0.05) is 12.1 Å². The zero-order valence-corrected chi connectivity index (χ0v) is 12.3. The van der Waals surface area contributed by atoms with E-state index in [-0.39, 0.29) is 18.1 Å². The van der Waals surface area contributed by atoms with E-state index in [4.69, 9.17) is 9.47 Å². The Hall–Kier alpha value is -1.59. The molecule has 1 fully saturated rings. The average Bonchev–Trinajstić information content (AvgIpc) is 2.37. The number of morpholine rings is 1. The van der Waals surface area contributed by atoms with Gasteiger partial charge < -0.3 is 19.7 Å². The van der Waals surface area contributed by atoms with Crippen molar-refractivity contribution in [2.24, 2.45) is 0 Å². The third-order valence-corrected chi connectivity index (χ3v) is 3.41. The molecular weight excluding hydrogens is 256 g/mol. The lowest BCUT2D eigenvalue weighted by atomic mass is 10.2. The van der Waals surface area contributed by atoms with Crippen LogP contribution in [0.5, 0.6) is 5.75 Å². The molecule has 0 spiro atoms. The zero-order valence-electron chi connectivity index (χ0n) is 12.3. The summed E-state index contributed by atoms with van der Waals surface area (Å²) < 4.78 is 10.9. The summed E-state index contributed by atoms with van der Waals surface area (Å²) in [5.41, 5.74) is 0.716. The Labute approximate surface area is 119 Å². The Bertz CT molecular complexity index is 454. The summed E-state index contributed by atoms with van der Waals surface area (Å²) in [6.45, 7) is 6.28. The molecule has 1 amide bonds. The van der Waals surface area contributed by atoms with Crippen LogP contribution in [0, 0.1) is 0 Å². The SMILES string of the molecule is COc1ccccc1NC(=O)C[NH+]1C[C@@H](C)O[C@@H](C)C1. The summed E-state index contributed by atoms with van der Waals surface area (Å²) >= 11 is 0. The lowest BCUT2D eigenvalue weighted by molar-refractivity contribution is -0.907. The maximum Gasteiger partial charge on any atom is 0.279 e. The van der Waals surface area contributed by atoms with Gasteiger partial charge in [0.05, 0.1) is 12.8 Å². The van der Waals surface area contributed by atoms with Crippen molar-refractivity contribution in [3.05, 3.63) is 24.3 Å². The first-order valence-corrected chi connectivity index (χ1v) is 7.00. The lowest BCUT2D eigenvalue weighted by Gasteiger charge is -2.31. The Morgan fingerprint density at radius 3 is 2.65 bits per heavy atom.